The number of rotatable bonds is 8. The Kier molecular flexibility index (Phi) is 7.93. The number of carbonyl (C=O) groups excluding carboxylic acids is 1. The zero-order valence-corrected chi connectivity index (χ0v) is 17.4. The zero-order chi connectivity index (χ0) is 18.4. The minimum Gasteiger partial charge on any atom is -0.510 e. The van der Waals surface area contributed by atoms with Gasteiger partial charge in [-0.3, -0.25) is 9.79 Å². The highest BCUT2D eigenvalue weighted by Gasteiger charge is 2.29. The quantitative estimate of drug-likeness (QED) is 0.326. The van der Waals surface area contributed by atoms with Gasteiger partial charge in [-0.15, -0.1) is 11.6 Å². The first-order valence-electron chi connectivity index (χ1n) is 7.85. The number of nitrogens with two attached hydrogens (primary N) is 1. The summed E-state index contributed by atoms with van der Waals surface area (Å²) in [4.78, 5) is 15.9. The average molecular weight is 495 g/mol. The van der Waals surface area contributed by atoms with Gasteiger partial charge >= 0.3 is 0 Å². The number of nitrogens with zero attached hydrogens (tertiary/aromatic N) is 1. The number of carbonyl (C=O) groups is 1. The predicted molar refractivity (Wildman–Crippen MR) is 107 cm³/mol. The largest absolute Gasteiger partial charge is 0.510 e. The van der Waals surface area contributed by atoms with E-state index in [0.29, 0.717) is 26.1 Å². The molecule has 2 rings (SSSR count). The van der Waals surface area contributed by atoms with E-state index in [1.54, 1.807) is 0 Å². The molecule has 136 valence electrons. The number of hydrogen-bond donors (Lipinski definition) is 2. The van der Waals surface area contributed by atoms with Gasteiger partial charge in [-0.2, -0.15) is 0 Å². The van der Waals surface area contributed by atoms with Crippen LogP contribution in [0, 0.1) is 0 Å². The van der Waals surface area contributed by atoms with Crippen LogP contribution < -0.4 is 10.5 Å². The summed E-state index contributed by atoms with van der Waals surface area (Å²) < 4.78 is 7.41. The maximum atomic E-state index is 11.7. The fourth-order valence-electron chi connectivity index (χ4n) is 2.32. The number of allylic oxidation sites excluding steroid dienone is 2. The van der Waals surface area contributed by atoms with Gasteiger partial charge in [0, 0.05) is 19.2 Å². The molecular formula is C17H19Br2ClN2O3. The molecule has 1 atom stereocenters. The van der Waals surface area contributed by atoms with Crippen molar-refractivity contribution in [2.75, 3.05) is 19.7 Å². The number of ketones is 1. The molecule has 1 aliphatic carbocycles. The fourth-order valence-corrected chi connectivity index (χ4v) is 4.09. The van der Waals surface area contributed by atoms with Gasteiger partial charge in [0.2, 0.25) is 0 Å². The summed E-state index contributed by atoms with van der Waals surface area (Å²) in [6.45, 7) is 1.64. The van der Waals surface area contributed by atoms with E-state index in [1.807, 2.05) is 12.1 Å². The number of Topliss-reactive ketones (excluding diaryl/α,β-unsaturated/α-hetero) is 1. The third-order valence-electron chi connectivity index (χ3n) is 3.64. The number of benzene rings is 1. The normalized spacial score (nSPS) is 17.8. The fraction of sp³-hybridized carbons (Fsp3) is 0.412. The first kappa shape index (κ1) is 20.4. The number of ether oxygens (including phenoxy) is 1. The van der Waals surface area contributed by atoms with E-state index >= 15 is 0 Å². The van der Waals surface area contributed by atoms with Crippen LogP contribution in [0.15, 0.2) is 37.4 Å². The Morgan fingerprint density at radius 1 is 1.40 bits per heavy atom. The van der Waals surface area contributed by atoms with Crippen LogP contribution in [0.4, 0.5) is 0 Å². The molecule has 0 bridgehead atoms. The van der Waals surface area contributed by atoms with Crippen LogP contribution in [0.2, 0.25) is 0 Å². The molecule has 0 saturated carbocycles. The summed E-state index contributed by atoms with van der Waals surface area (Å²) in [5.74, 6) is 0.492. The standard InChI is InChI=1S/C17H19Br2ClN2O3/c18-12-6-10(7-13(19)17(12)25-5-1-3-21)2-4-22-9-11-15(23)8-14(20)16(11)24/h6-7,9,14,24H,1-5,8,21H2/t14-/m1/s1. The lowest BCUT2D eigenvalue weighted by molar-refractivity contribution is -0.114. The first-order valence-corrected chi connectivity index (χ1v) is 9.87. The van der Waals surface area contributed by atoms with Crippen LogP contribution in [-0.4, -0.2) is 42.2 Å². The molecule has 1 aromatic rings. The molecule has 0 saturated heterocycles. The highest BCUT2D eigenvalue weighted by molar-refractivity contribution is 9.11. The number of halogens is 3. The van der Waals surface area contributed by atoms with E-state index in [9.17, 15) is 9.90 Å². The van der Waals surface area contributed by atoms with Gasteiger partial charge in [0.1, 0.15) is 11.5 Å². The molecule has 0 aliphatic heterocycles. The van der Waals surface area contributed by atoms with E-state index in [-0.39, 0.29) is 23.5 Å². The molecule has 1 aliphatic rings. The highest BCUT2D eigenvalue weighted by atomic mass is 79.9. The van der Waals surface area contributed by atoms with Crippen molar-refractivity contribution in [3.8, 4) is 5.75 Å². The summed E-state index contributed by atoms with van der Waals surface area (Å²) in [6.07, 6.45) is 3.01. The smallest absolute Gasteiger partial charge is 0.169 e. The van der Waals surface area contributed by atoms with Gasteiger partial charge in [-0.05, 0) is 68.9 Å². The van der Waals surface area contributed by atoms with Gasteiger partial charge in [0.25, 0.3) is 0 Å². The van der Waals surface area contributed by atoms with Crippen molar-refractivity contribution in [2.45, 2.75) is 24.6 Å². The highest BCUT2D eigenvalue weighted by Crippen LogP contribution is 2.35. The molecule has 0 fully saturated rings. The Morgan fingerprint density at radius 3 is 2.64 bits per heavy atom. The second kappa shape index (κ2) is 9.71. The van der Waals surface area contributed by atoms with Crippen molar-refractivity contribution in [3.63, 3.8) is 0 Å². The maximum Gasteiger partial charge on any atom is 0.169 e. The lowest BCUT2D eigenvalue weighted by Crippen LogP contribution is -2.07. The topological polar surface area (TPSA) is 84.9 Å². The minimum atomic E-state index is -0.632. The Balaban J connectivity index is 1.95. The van der Waals surface area contributed by atoms with Crippen molar-refractivity contribution in [1.29, 1.82) is 0 Å². The molecular weight excluding hydrogens is 475 g/mol. The van der Waals surface area contributed by atoms with Crippen LogP contribution in [0.1, 0.15) is 18.4 Å². The second-order valence-corrected chi connectivity index (χ2v) is 7.79. The lowest BCUT2D eigenvalue weighted by atomic mass is 10.1. The van der Waals surface area contributed by atoms with Crippen LogP contribution in [-0.2, 0) is 11.2 Å². The van der Waals surface area contributed by atoms with E-state index in [2.05, 4.69) is 36.9 Å². The molecule has 5 nitrogen and oxygen atoms in total. The van der Waals surface area contributed by atoms with E-state index in [1.165, 1.54) is 6.21 Å². The molecule has 0 amide bonds. The molecule has 3 N–H and O–H groups in total. The Bertz CT molecular complexity index is 684. The van der Waals surface area contributed by atoms with Crippen LogP contribution >= 0.6 is 43.5 Å². The molecule has 1 aromatic carbocycles. The van der Waals surface area contributed by atoms with Gasteiger partial charge < -0.3 is 15.6 Å². The Hall–Kier alpha value is -0.890. The number of aliphatic imine (C=N–C) groups is 1. The summed E-state index contributed by atoms with van der Waals surface area (Å²) in [5.41, 5.74) is 6.74. The van der Waals surface area contributed by atoms with Crippen molar-refractivity contribution in [2.24, 2.45) is 10.7 Å². The zero-order valence-electron chi connectivity index (χ0n) is 13.5. The average Bonchev–Trinajstić information content (AvgIpc) is 2.80. The Morgan fingerprint density at radius 2 is 2.08 bits per heavy atom. The number of alkyl halides is 1. The molecule has 0 aromatic heterocycles. The van der Waals surface area contributed by atoms with E-state index < -0.39 is 5.38 Å². The van der Waals surface area contributed by atoms with Gasteiger partial charge in [0.05, 0.1) is 26.5 Å². The lowest BCUT2D eigenvalue weighted by Gasteiger charge is -2.11. The maximum absolute atomic E-state index is 11.7. The number of aliphatic hydroxyl groups is 1. The third-order valence-corrected chi connectivity index (χ3v) is 5.18. The molecule has 8 heteroatoms. The summed E-state index contributed by atoms with van der Waals surface area (Å²) >= 11 is 12.9. The SMILES string of the molecule is NCCCOc1c(Br)cc(CCN=CC2=C(O)[C@H](Cl)CC2=O)cc1Br. The summed E-state index contributed by atoms with van der Waals surface area (Å²) in [6, 6.07) is 3.95. The molecule has 0 radical (unpaired) electrons. The predicted octanol–water partition coefficient (Wildman–Crippen LogP) is 3.94. The van der Waals surface area contributed by atoms with E-state index in [0.717, 1.165) is 26.7 Å². The van der Waals surface area contributed by atoms with Gasteiger partial charge in [-0.1, -0.05) is 0 Å². The minimum absolute atomic E-state index is 0.0834. The van der Waals surface area contributed by atoms with Gasteiger partial charge in [0.15, 0.2) is 5.78 Å². The molecule has 0 unspecified atom stereocenters. The van der Waals surface area contributed by atoms with E-state index in [4.69, 9.17) is 22.1 Å². The molecule has 0 heterocycles. The molecule has 25 heavy (non-hydrogen) atoms. The molecule has 0 spiro atoms. The third kappa shape index (κ3) is 5.54. The van der Waals surface area contributed by atoms with Crippen molar-refractivity contribution < 1.29 is 14.6 Å². The monoisotopic (exact) mass is 492 g/mol. The van der Waals surface area contributed by atoms with Crippen LogP contribution in [0.25, 0.3) is 0 Å². The first-order chi connectivity index (χ1) is 11.9. The second-order valence-electron chi connectivity index (χ2n) is 5.56. The number of aliphatic hydroxyl groups excluding tert-OH is 1. The van der Waals surface area contributed by atoms with Crippen LogP contribution in [0.5, 0.6) is 5.75 Å². The van der Waals surface area contributed by atoms with Crippen molar-refractivity contribution >= 4 is 55.5 Å². The Labute approximate surface area is 168 Å². The van der Waals surface area contributed by atoms with Crippen molar-refractivity contribution in [3.05, 3.63) is 38.0 Å². The van der Waals surface area contributed by atoms with Crippen LogP contribution in [0.3, 0.4) is 0 Å². The number of hydrogen-bond acceptors (Lipinski definition) is 5. The van der Waals surface area contributed by atoms with Crippen molar-refractivity contribution in [1.82, 2.24) is 0 Å². The van der Waals surface area contributed by atoms with Gasteiger partial charge in [-0.25, -0.2) is 0 Å². The summed E-state index contributed by atoms with van der Waals surface area (Å²) in [5, 5.41) is 9.11. The summed E-state index contributed by atoms with van der Waals surface area (Å²) in [7, 11) is 0.